The highest BCUT2D eigenvalue weighted by atomic mass is 16.5. The number of hydrogen-bond donors (Lipinski definition) is 2. The molecule has 3 atom stereocenters. The van der Waals surface area contributed by atoms with Gasteiger partial charge in [0.25, 0.3) is 0 Å². The van der Waals surface area contributed by atoms with Crippen LogP contribution in [0, 0.1) is 11.8 Å². The van der Waals surface area contributed by atoms with E-state index in [-0.39, 0.29) is 18.1 Å². The molecule has 1 heterocycles. The average Bonchev–Trinajstić information content (AvgIpc) is 2.34. The first-order valence-electron chi connectivity index (χ1n) is 7.83. The molecule has 0 aromatic heterocycles. The molecule has 1 saturated carbocycles. The molecule has 2 N–H and O–H groups in total. The first-order valence-corrected chi connectivity index (χ1v) is 7.83. The van der Waals surface area contributed by atoms with Gasteiger partial charge in [0.15, 0.2) is 0 Å². The van der Waals surface area contributed by atoms with E-state index in [1.807, 2.05) is 6.92 Å². The Hall–Kier alpha value is -0.610. The Morgan fingerprint density at radius 1 is 1.42 bits per heavy atom. The van der Waals surface area contributed by atoms with E-state index in [9.17, 15) is 4.79 Å². The molecule has 19 heavy (non-hydrogen) atoms. The standard InChI is InChI=1S/C15H28N2O2/c1-3-14(15(18)17-10-12-8-16-9-12)19-13-6-4-5-11(2)7-13/h11-14,16H,3-10H2,1-2H3,(H,17,18). The van der Waals surface area contributed by atoms with Crippen molar-refractivity contribution in [2.45, 2.75) is 58.2 Å². The van der Waals surface area contributed by atoms with Gasteiger partial charge in [0.1, 0.15) is 6.10 Å². The molecule has 110 valence electrons. The largest absolute Gasteiger partial charge is 0.365 e. The molecular weight excluding hydrogens is 240 g/mol. The van der Waals surface area contributed by atoms with Crippen molar-refractivity contribution in [3.05, 3.63) is 0 Å². The van der Waals surface area contributed by atoms with Crippen molar-refractivity contribution in [2.75, 3.05) is 19.6 Å². The predicted octanol–water partition coefficient (Wildman–Crippen LogP) is 1.70. The molecule has 0 radical (unpaired) electrons. The van der Waals surface area contributed by atoms with Gasteiger partial charge in [-0.25, -0.2) is 0 Å². The Morgan fingerprint density at radius 2 is 2.21 bits per heavy atom. The predicted molar refractivity (Wildman–Crippen MR) is 76.0 cm³/mol. The molecule has 1 aliphatic heterocycles. The van der Waals surface area contributed by atoms with Gasteiger partial charge in [0, 0.05) is 25.6 Å². The summed E-state index contributed by atoms with van der Waals surface area (Å²) < 4.78 is 6.03. The van der Waals surface area contributed by atoms with Gasteiger partial charge in [-0.1, -0.05) is 26.7 Å². The molecule has 2 fully saturated rings. The summed E-state index contributed by atoms with van der Waals surface area (Å²) in [7, 11) is 0. The normalized spacial score (nSPS) is 29.6. The van der Waals surface area contributed by atoms with E-state index in [0.29, 0.717) is 5.92 Å². The van der Waals surface area contributed by atoms with E-state index in [0.717, 1.165) is 44.8 Å². The fourth-order valence-electron chi connectivity index (χ4n) is 2.93. The molecule has 0 aromatic rings. The number of nitrogens with one attached hydrogen (secondary N) is 2. The molecule has 2 rings (SSSR count). The van der Waals surface area contributed by atoms with Crippen LogP contribution < -0.4 is 10.6 Å². The Bertz CT molecular complexity index is 292. The monoisotopic (exact) mass is 268 g/mol. The van der Waals surface area contributed by atoms with Crippen molar-refractivity contribution in [1.82, 2.24) is 10.6 Å². The van der Waals surface area contributed by atoms with Crippen LogP contribution >= 0.6 is 0 Å². The zero-order valence-electron chi connectivity index (χ0n) is 12.3. The fourth-order valence-corrected chi connectivity index (χ4v) is 2.93. The van der Waals surface area contributed by atoms with Crippen LogP contribution in [-0.4, -0.2) is 37.7 Å². The van der Waals surface area contributed by atoms with Crippen molar-refractivity contribution in [3.8, 4) is 0 Å². The van der Waals surface area contributed by atoms with Crippen LogP contribution in [0.25, 0.3) is 0 Å². The summed E-state index contributed by atoms with van der Waals surface area (Å²) in [5.74, 6) is 1.42. The number of rotatable bonds is 6. The Morgan fingerprint density at radius 3 is 2.79 bits per heavy atom. The molecule has 4 heteroatoms. The minimum atomic E-state index is -0.261. The van der Waals surface area contributed by atoms with Gasteiger partial charge < -0.3 is 15.4 Å². The molecule has 1 aliphatic carbocycles. The van der Waals surface area contributed by atoms with E-state index < -0.39 is 0 Å². The third kappa shape index (κ3) is 4.46. The van der Waals surface area contributed by atoms with Crippen LogP contribution in [0.15, 0.2) is 0 Å². The molecular formula is C15H28N2O2. The van der Waals surface area contributed by atoms with Crippen molar-refractivity contribution in [3.63, 3.8) is 0 Å². The number of ether oxygens (including phenoxy) is 1. The summed E-state index contributed by atoms with van der Waals surface area (Å²) >= 11 is 0. The summed E-state index contributed by atoms with van der Waals surface area (Å²) in [6, 6.07) is 0. The first-order chi connectivity index (χ1) is 9.19. The fraction of sp³-hybridized carbons (Fsp3) is 0.933. The highest BCUT2D eigenvalue weighted by Crippen LogP contribution is 2.26. The second kappa shape index (κ2) is 7.25. The Kier molecular flexibility index (Phi) is 5.64. The first kappa shape index (κ1) is 14.8. The average molecular weight is 268 g/mol. The molecule has 0 bridgehead atoms. The van der Waals surface area contributed by atoms with Gasteiger partial charge in [0.05, 0.1) is 6.10 Å². The topological polar surface area (TPSA) is 50.4 Å². The third-order valence-corrected chi connectivity index (χ3v) is 4.34. The summed E-state index contributed by atoms with van der Waals surface area (Å²) in [5.41, 5.74) is 0. The molecule has 2 aliphatic rings. The highest BCUT2D eigenvalue weighted by Gasteiger charge is 2.26. The van der Waals surface area contributed by atoms with Crippen molar-refractivity contribution in [1.29, 1.82) is 0 Å². The van der Waals surface area contributed by atoms with Crippen LogP contribution in [0.4, 0.5) is 0 Å². The van der Waals surface area contributed by atoms with Crippen LogP contribution in [0.2, 0.25) is 0 Å². The van der Waals surface area contributed by atoms with E-state index >= 15 is 0 Å². The van der Waals surface area contributed by atoms with Crippen molar-refractivity contribution >= 4 is 5.91 Å². The maximum absolute atomic E-state index is 12.1. The second-order valence-electron chi connectivity index (χ2n) is 6.20. The number of hydrogen-bond acceptors (Lipinski definition) is 3. The van der Waals surface area contributed by atoms with Crippen molar-refractivity contribution < 1.29 is 9.53 Å². The summed E-state index contributed by atoms with van der Waals surface area (Å²) in [5, 5.41) is 6.25. The van der Waals surface area contributed by atoms with Gasteiger partial charge in [0.2, 0.25) is 5.91 Å². The minimum Gasteiger partial charge on any atom is -0.365 e. The minimum absolute atomic E-state index is 0.0765. The van der Waals surface area contributed by atoms with Gasteiger partial charge in [-0.3, -0.25) is 4.79 Å². The zero-order chi connectivity index (χ0) is 13.7. The molecule has 3 unspecified atom stereocenters. The van der Waals surface area contributed by atoms with Gasteiger partial charge in [-0.2, -0.15) is 0 Å². The van der Waals surface area contributed by atoms with E-state index in [2.05, 4.69) is 17.6 Å². The van der Waals surface area contributed by atoms with E-state index in [1.165, 1.54) is 12.8 Å². The van der Waals surface area contributed by atoms with Gasteiger partial charge >= 0.3 is 0 Å². The lowest BCUT2D eigenvalue weighted by molar-refractivity contribution is -0.139. The van der Waals surface area contributed by atoms with E-state index in [4.69, 9.17) is 4.74 Å². The lowest BCUT2D eigenvalue weighted by atomic mass is 9.88. The Balaban J connectivity index is 1.72. The third-order valence-electron chi connectivity index (χ3n) is 4.34. The maximum Gasteiger partial charge on any atom is 0.249 e. The SMILES string of the molecule is CCC(OC1CCCC(C)C1)C(=O)NCC1CNC1. The van der Waals surface area contributed by atoms with E-state index in [1.54, 1.807) is 0 Å². The number of amides is 1. The number of carbonyl (C=O) groups is 1. The van der Waals surface area contributed by atoms with Crippen molar-refractivity contribution in [2.24, 2.45) is 11.8 Å². The van der Waals surface area contributed by atoms with Gasteiger partial charge in [-0.05, 0) is 25.2 Å². The smallest absolute Gasteiger partial charge is 0.249 e. The molecule has 0 aromatic carbocycles. The number of carbonyl (C=O) groups excluding carboxylic acids is 1. The lowest BCUT2D eigenvalue weighted by Crippen LogP contribution is -2.50. The van der Waals surface area contributed by atoms with Gasteiger partial charge in [-0.15, -0.1) is 0 Å². The molecule has 1 saturated heterocycles. The maximum atomic E-state index is 12.1. The lowest BCUT2D eigenvalue weighted by Gasteiger charge is -2.31. The second-order valence-corrected chi connectivity index (χ2v) is 6.20. The zero-order valence-corrected chi connectivity index (χ0v) is 12.3. The summed E-state index contributed by atoms with van der Waals surface area (Å²) in [6.07, 6.45) is 5.54. The van der Waals surface area contributed by atoms with Crippen LogP contribution in [0.5, 0.6) is 0 Å². The summed E-state index contributed by atoms with van der Waals surface area (Å²) in [4.78, 5) is 12.1. The quantitative estimate of drug-likeness (QED) is 0.771. The summed E-state index contributed by atoms with van der Waals surface area (Å²) in [6.45, 7) is 7.14. The van der Waals surface area contributed by atoms with Crippen LogP contribution in [0.1, 0.15) is 46.0 Å². The highest BCUT2D eigenvalue weighted by molar-refractivity contribution is 5.80. The molecule has 4 nitrogen and oxygen atoms in total. The molecule has 1 amide bonds. The molecule has 0 spiro atoms. The Labute approximate surface area is 116 Å². The van der Waals surface area contributed by atoms with Crippen LogP contribution in [-0.2, 0) is 9.53 Å². The van der Waals surface area contributed by atoms with Crippen LogP contribution in [0.3, 0.4) is 0 Å².